The Morgan fingerprint density at radius 3 is 0.923 bits per heavy atom. The van der Waals surface area contributed by atoms with E-state index < -0.39 is 6.10 Å². The molecule has 0 rings (SSSR count). The van der Waals surface area contributed by atoms with Gasteiger partial charge in [0.15, 0.2) is 6.10 Å². The van der Waals surface area contributed by atoms with E-state index in [0.717, 1.165) is 83.5 Å². The van der Waals surface area contributed by atoms with Crippen molar-refractivity contribution in [2.24, 2.45) is 0 Å². The molecule has 6 heteroatoms. The molecular formula is C59H104O6. The number of carbonyl (C=O) groups excluding carboxylic acids is 3. The van der Waals surface area contributed by atoms with Gasteiger partial charge in [-0.25, -0.2) is 0 Å². The van der Waals surface area contributed by atoms with Gasteiger partial charge in [-0.05, 0) is 89.9 Å². The summed E-state index contributed by atoms with van der Waals surface area (Å²) in [5.41, 5.74) is 0. The average molecular weight is 909 g/mol. The molecule has 0 bridgehead atoms. The summed E-state index contributed by atoms with van der Waals surface area (Å²) < 4.78 is 16.8. The Labute approximate surface area is 402 Å². The maximum absolute atomic E-state index is 12.8. The van der Waals surface area contributed by atoms with Crippen LogP contribution in [0.1, 0.15) is 278 Å². The highest BCUT2D eigenvalue weighted by Crippen LogP contribution is 2.15. The van der Waals surface area contributed by atoms with Crippen LogP contribution >= 0.6 is 0 Å². The van der Waals surface area contributed by atoms with Crippen molar-refractivity contribution >= 4 is 17.9 Å². The van der Waals surface area contributed by atoms with Gasteiger partial charge in [-0.15, -0.1) is 0 Å². The Balaban J connectivity index is 4.43. The molecule has 0 heterocycles. The van der Waals surface area contributed by atoms with Gasteiger partial charge in [-0.2, -0.15) is 0 Å². The number of allylic oxidation sites excluding steroid dienone is 10. The lowest BCUT2D eigenvalue weighted by Crippen LogP contribution is -2.30. The minimum absolute atomic E-state index is 0.0884. The third-order valence-electron chi connectivity index (χ3n) is 12.0. The summed E-state index contributed by atoms with van der Waals surface area (Å²) in [6.07, 6.45) is 66.3. The number of carbonyl (C=O) groups is 3. The van der Waals surface area contributed by atoms with Crippen LogP contribution in [0.25, 0.3) is 0 Å². The van der Waals surface area contributed by atoms with Crippen LogP contribution in [0.3, 0.4) is 0 Å². The van der Waals surface area contributed by atoms with Crippen LogP contribution in [0, 0.1) is 0 Å². The van der Waals surface area contributed by atoms with E-state index in [4.69, 9.17) is 14.2 Å². The fourth-order valence-electron chi connectivity index (χ4n) is 7.77. The molecule has 0 saturated heterocycles. The molecule has 0 aliphatic heterocycles. The molecular weight excluding hydrogens is 805 g/mol. The number of hydrogen-bond donors (Lipinski definition) is 0. The van der Waals surface area contributed by atoms with Gasteiger partial charge in [0, 0.05) is 19.3 Å². The van der Waals surface area contributed by atoms with Crippen molar-refractivity contribution in [3.8, 4) is 0 Å². The molecule has 0 aliphatic carbocycles. The Morgan fingerprint density at radius 2 is 0.554 bits per heavy atom. The Bertz CT molecular complexity index is 1180. The zero-order chi connectivity index (χ0) is 47.2. The van der Waals surface area contributed by atoms with Crippen molar-refractivity contribution in [2.75, 3.05) is 13.2 Å². The largest absolute Gasteiger partial charge is 0.462 e. The minimum atomic E-state index is -0.791. The molecule has 1 atom stereocenters. The summed E-state index contributed by atoms with van der Waals surface area (Å²) in [5.74, 6) is -0.925. The van der Waals surface area contributed by atoms with Gasteiger partial charge in [-0.1, -0.05) is 229 Å². The van der Waals surface area contributed by atoms with Crippen molar-refractivity contribution in [1.82, 2.24) is 0 Å². The maximum atomic E-state index is 12.8. The normalized spacial score (nSPS) is 12.5. The average Bonchev–Trinajstić information content (AvgIpc) is 3.30. The quantitative estimate of drug-likeness (QED) is 0.0262. The lowest BCUT2D eigenvalue weighted by molar-refractivity contribution is -0.167. The predicted molar refractivity (Wildman–Crippen MR) is 279 cm³/mol. The number of rotatable bonds is 50. The molecule has 376 valence electrons. The second kappa shape index (κ2) is 53.7. The van der Waals surface area contributed by atoms with Gasteiger partial charge >= 0.3 is 17.9 Å². The van der Waals surface area contributed by atoms with E-state index in [-0.39, 0.29) is 31.1 Å². The van der Waals surface area contributed by atoms with Crippen LogP contribution in [-0.4, -0.2) is 37.2 Å². The fraction of sp³-hybridized carbons (Fsp3) is 0.780. The third kappa shape index (κ3) is 51.9. The van der Waals surface area contributed by atoms with Crippen LogP contribution in [0.2, 0.25) is 0 Å². The lowest BCUT2D eigenvalue weighted by atomic mass is 10.0. The van der Waals surface area contributed by atoms with Crippen LogP contribution in [0.15, 0.2) is 60.8 Å². The first kappa shape index (κ1) is 62.1. The third-order valence-corrected chi connectivity index (χ3v) is 12.0. The van der Waals surface area contributed by atoms with E-state index in [0.29, 0.717) is 19.3 Å². The van der Waals surface area contributed by atoms with Gasteiger partial charge in [0.25, 0.3) is 0 Å². The lowest BCUT2D eigenvalue weighted by Gasteiger charge is -2.18. The van der Waals surface area contributed by atoms with Crippen molar-refractivity contribution in [3.63, 3.8) is 0 Å². The van der Waals surface area contributed by atoms with Gasteiger partial charge in [0.05, 0.1) is 0 Å². The predicted octanol–water partition coefficient (Wildman–Crippen LogP) is 18.4. The number of unbranched alkanes of at least 4 members (excludes halogenated alkanes) is 29. The summed E-state index contributed by atoms with van der Waals surface area (Å²) >= 11 is 0. The number of ether oxygens (including phenoxy) is 3. The van der Waals surface area contributed by atoms with Gasteiger partial charge in [-0.3, -0.25) is 14.4 Å². The van der Waals surface area contributed by atoms with E-state index in [1.54, 1.807) is 0 Å². The molecule has 0 saturated carbocycles. The smallest absolute Gasteiger partial charge is 0.306 e. The number of esters is 3. The van der Waals surface area contributed by atoms with Gasteiger partial charge in [0.2, 0.25) is 0 Å². The van der Waals surface area contributed by atoms with Gasteiger partial charge in [0.1, 0.15) is 13.2 Å². The Morgan fingerprint density at radius 1 is 0.308 bits per heavy atom. The van der Waals surface area contributed by atoms with Crippen molar-refractivity contribution in [1.29, 1.82) is 0 Å². The Kier molecular flexibility index (Phi) is 51.3. The SMILES string of the molecule is CCCCC/C=C\C/C=C\C/C=C\CCCCC(=O)OC[C@@H](COC(=O)CCCCCCCCC/C=C\C/C=C\CCCCC)OC(=O)CCCCCCCCCCCCCCCCC. The summed E-state index contributed by atoms with van der Waals surface area (Å²) in [6.45, 7) is 6.57. The van der Waals surface area contributed by atoms with E-state index in [2.05, 4.69) is 81.5 Å². The minimum Gasteiger partial charge on any atom is -0.462 e. The molecule has 0 unspecified atom stereocenters. The maximum Gasteiger partial charge on any atom is 0.306 e. The summed E-state index contributed by atoms with van der Waals surface area (Å²) in [4.78, 5) is 38.1. The van der Waals surface area contributed by atoms with Crippen molar-refractivity contribution in [2.45, 2.75) is 284 Å². The van der Waals surface area contributed by atoms with Crippen LogP contribution in [0.5, 0.6) is 0 Å². The first-order valence-corrected chi connectivity index (χ1v) is 27.8. The summed E-state index contributed by atoms with van der Waals surface area (Å²) in [7, 11) is 0. The topological polar surface area (TPSA) is 78.9 Å². The van der Waals surface area contributed by atoms with Crippen LogP contribution in [-0.2, 0) is 28.6 Å². The molecule has 0 radical (unpaired) electrons. The standard InChI is InChI=1S/C59H104O6/c1-4-7-10-13-16-19-22-25-28-29-32-34-37-40-43-46-49-52-58(61)64-55-56(65-59(62)53-50-47-44-41-38-35-31-27-24-21-18-15-12-9-6-3)54-63-57(60)51-48-45-42-39-36-33-30-26-23-20-17-14-11-8-5-2/h16-17,19-20,25-26,28,30,36,39,56H,4-15,18,21-24,27,29,31-35,37-38,40-55H2,1-3H3/b19-16-,20-17-,28-25-,30-26-,39-36-/t56-/m0/s1. The molecule has 6 nitrogen and oxygen atoms in total. The fourth-order valence-corrected chi connectivity index (χ4v) is 7.77. The monoisotopic (exact) mass is 909 g/mol. The van der Waals surface area contributed by atoms with Crippen molar-refractivity contribution in [3.05, 3.63) is 60.8 Å². The highest BCUT2D eigenvalue weighted by molar-refractivity contribution is 5.71. The molecule has 0 aromatic rings. The van der Waals surface area contributed by atoms with E-state index in [9.17, 15) is 14.4 Å². The van der Waals surface area contributed by atoms with E-state index in [1.807, 2.05) is 0 Å². The highest BCUT2D eigenvalue weighted by Gasteiger charge is 2.19. The van der Waals surface area contributed by atoms with E-state index >= 15 is 0 Å². The summed E-state index contributed by atoms with van der Waals surface area (Å²) in [5, 5.41) is 0. The molecule has 0 amide bonds. The zero-order valence-electron chi connectivity index (χ0n) is 43.0. The van der Waals surface area contributed by atoms with Crippen LogP contribution in [0.4, 0.5) is 0 Å². The second-order valence-corrected chi connectivity index (χ2v) is 18.5. The molecule has 0 N–H and O–H groups in total. The molecule has 65 heavy (non-hydrogen) atoms. The summed E-state index contributed by atoms with van der Waals surface area (Å²) in [6, 6.07) is 0. The molecule has 0 aromatic carbocycles. The van der Waals surface area contributed by atoms with Gasteiger partial charge < -0.3 is 14.2 Å². The zero-order valence-corrected chi connectivity index (χ0v) is 43.0. The molecule has 0 fully saturated rings. The Hall–Kier alpha value is -2.89. The highest BCUT2D eigenvalue weighted by atomic mass is 16.6. The molecule has 0 spiro atoms. The first-order valence-electron chi connectivity index (χ1n) is 27.8. The molecule has 0 aromatic heterocycles. The van der Waals surface area contributed by atoms with E-state index in [1.165, 1.54) is 154 Å². The van der Waals surface area contributed by atoms with Crippen molar-refractivity contribution < 1.29 is 28.6 Å². The molecule has 0 aliphatic rings. The van der Waals surface area contributed by atoms with Crippen LogP contribution < -0.4 is 0 Å². The number of hydrogen-bond acceptors (Lipinski definition) is 6. The first-order chi connectivity index (χ1) is 32.0. The second-order valence-electron chi connectivity index (χ2n) is 18.5.